The van der Waals surface area contributed by atoms with Crippen LogP contribution in [-0.2, 0) is 14.8 Å². The molecule has 1 rings (SSSR count). The average molecular weight is 306 g/mol. The molecule has 0 bridgehead atoms. The molecule has 2 N–H and O–H groups in total. The van der Waals surface area contributed by atoms with Gasteiger partial charge in [0, 0.05) is 12.7 Å². The van der Waals surface area contributed by atoms with Gasteiger partial charge in [-0.25, -0.2) is 13.4 Å². The molecule has 0 aliphatic heterocycles. The number of pyridine rings is 1. The van der Waals surface area contributed by atoms with Gasteiger partial charge in [-0.3, -0.25) is 4.79 Å². The Hall–Kier alpha value is -1.18. The van der Waals surface area contributed by atoms with Gasteiger partial charge >= 0.3 is 0 Å². The van der Waals surface area contributed by atoms with E-state index >= 15 is 0 Å². The summed E-state index contributed by atoms with van der Waals surface area (Å²) in [6.45, 7) is 1.82. The van der Waals surface area contributed by atoms with Crippen molar-refractivity contribution in [3.05, 3.63) is 23.5 Å². The van der Waals surface area contributed by atoms with Crippen LogP contribution in [0.5, 0.6) is 0 Å². The first-order chi connectivity index (χ1) is 8.87. The van der Waals surface area contributed by atoms with Crippen molar-refractivity contribution in [2.45, 2.75) is 24.7 Å². The third kappa shape index (κ3) is 4.45. The number of hydrogen-bond acceptors (Lipinski definition) is 4. The number of nitrogens with two attached hydrogens (primary N) is 1. The molecule has 106 valence electrons. The number of carbonyl (C=O) groups is 1. The zero-order valence-corrected chi connectivity index (χ0v) is 12.1. The van der Waals surface area contributed by atoms with Crippen molar-refractivity contribution < 1.29 is 13.2 Å². The molecule has 0 spiro atoms. The van der Waals surface area contributed by atoms with Crippen LogP contribution in [0.25, 0.3) is 0 Å². The Morgan fingerprint density at radius 1 is 1.53 bits per heavy atom. The van der Waals surface area contributed by atoms with Crippen molar-refractivity contribution in [3.63, 3.8) is 0 Å². The number of primary amides is 1. The lowest BCUT2D eigenvalue weighted by molar-refractivity contribution is -0.118. The predicted molar refractivity (Wildman–Crippen MR) is 72.1 cm³/mol. The van der Waals surface area contributed by atoms with Crippen molar-refractivity contribution in [3.8, 4) is 0 Å². The number of aromatic nitrogens is 1. The molecule has 0 radical (unpaired) electrons. The summed E-state index contributed by atoms with van der Waals surface area (Å²) in [5, 5.41) is 0.0793. The van der Waals surface area contributed by atoms with Gasteiger partial charge in [0.05, 0.1) is 11.4 Å². The lowest BCUT2D eigenvalue weighted by atomic mass is 10.3. The first kappa shape index (κ1) is 15.9. The molecule has 0 aliphatic rings. The normalized spacial score (nSPS) is 11.7. The second-order valence-corrected chi connectivity index (χ2v) is 6.30. The molecule has 0 fully saturated rings. The molecule has 0 aliphatic carbocycles. The number of rotatable bonds is 7. The number of amides is 1. The Morgan fingerprint density at radius 2 is 2.21 bits per heavy atom. The van der Waals surface area contributed by atoms with Gasteiger partial charge in [-0.1, -0.05) is 24.9 Å². The van der Waals surface area contributed by atoms with Crippen LogP contribution in [0.4, 0.5) is 0 Å². The summed E-state index contributed by atoms with van der Waals surface area (Å²) in [5.41, 5.74) is 5.09. The molecule has 1 aromatic rings. The van der Waals surface area contributed by atoms with E-state index in [1.165, 1.54) is 18.3 Å². The van der Waals surface area contributed by atoms with Gasteiger partial charge in [0.25, 0.3) is 0 Å². The highest BCUT2D eigenvalue weighted by atomic mass is 35.5. The molecule has 1 heterocycles. The molecule has 6 nitrogen and oxygen atoms in total. The number of nitrogens with zero attached hydrogens (tertiary/aromatic N) is 2. The Labute approximate surface area is 117 Å². The number of sulfonamides is 1. The molecule has 1 aromatic heterocycles. The van der Waals surface area contributed by atoms with Crippen molar-refractivity contribution in [2.75, 3.05) is 13.1 Å². The van der Waals surface area contributed by atoms with Gasteiger partial charge in [-0.2, -0.15) is 4.31 Å². The number of hydrogen-bond donors (Lipinski definition) is 1. The maximum atomic E-state index is 12.4. The smallest absolute Gasteiger partial charge is 0.243 e. The second-order valence-electron chi connectivity index (χ2n) is 3.97. The van der Waals surface area contributed by atoms with E-state index in [0.717, 1.165) is 10.7 Å². The van der Waals surface area contributed by atoms with Crippen LogP contribution in [0, 0.1) is 0 Å². The Balaban J connectivity index is 3.07. The quantitative estimate of drug-likeness (QED) is 0.761. The number of unbranched alkanes of at least 4 members (excludes halogenated alkanes) is 1. The van der Waals surface area contributed by atoms with Gasteiger partial charge in [0.2, 0.25) is 15.9 Å². The maximum absolute atomic E-state index is 12.4. The molecular formula is C11H16ClN3O3S. The molecule has 0 atom stereocenters. The molecular weight excluding hydrogens is 290 g/mol. The van der Waals surface area contributed by atoms with E-state index in [0.29, 0.717) is 6.42 Å². The molecule has 19 heavy (non-hydrogen) atoms. The second kappa shape index (κ2) is 6.83. The van der Waals surface area contributed by atoms with Crippen LogP contribution in [-0.4, -0.2) is 36.7 Å². The fourth-order valence-corrected chi connectivity index (χ4v) is 3.18. The van der Waals surface area contributed by atoms with Crippen molar-refractivity contribution >= 4 is 27.5 Å². The van der Waals surface area contributed by atoms with Crippen LogP contribution in [0.15, 0.2) is 23.2 Å². The summed E-state index contributed by atoms with van der Waals surface area (Å²) in [5.74, 6) is -0.695. The standard InChI is InChI=1S/C11H16ClN3O3S/c1-2-3-6-15(8-11(13)16)19(17,18)9-4-5-14-10(12)7-9/h4-5,7H,2-3,6,8H2,1H3,(H2,13,16). The summed E-state index contributed by atoms with van der Waals surface area (Å²) in [6, 6.07) is 2.58. The number of carbonyl (C=O) groups excluding carboxylic acids is 1. The monoisotopic (exact) mass is 305 g/mol. The summed E-state index contributed by atoms with van der Waals surface area (Å²) in [4.78, 5) is 14.7. The van der Waals surface area contributed by atoms with Crippen molar-refractivity contribution in [1.29, 1.82) is 0 Å². The van der Waals surface area contributed by atoms with E-state index < -0.39 is 15.9 Å². The van der Waals surface area contributed by atoms with E-state index in [4.69, 9.17) is 17.3 Å². The van der Waals surface area contributed by atoms with Gasteiger partial charge in [-0.05, 0) is 18.6 Å². The number of halogens is 1. The van der Waals surface area contributed by atoms with Gasteiger partial charge in [0.1, 0.15) is 5.15 Å². The lowest BCUT2D eigenvalue weighted by Gasteiger charge is -2.20. The Morgan fingerprint density at radius 3 is 2.74 bits per heavy atom. The minimum atomic E-state index is -3.78. The van der Waals surface area contributed by atoms with E-state index in [1.807, 2.05) is 6.92 Å². The van der Waals surface area contributed by atoms with Crippen LogP contribution in [0.2, 0.25) is 5.15 Å². The third-order valence-electron chi connectivity index (χ3n) is 2.43. The van der Waals surface area contributed by atoms with E-state index in [2.05, 4.69) is 4.98 Å². The predicted octanol–water partition coefficient (Wildman–Crippen LogP) is 1.01. The molecule has 8 heteroatoms. The van der Waals surface area contributed by atoms with Gasteiger partial charge < -0.3 is 5.73 Å². The topological polar surface area (TPSA) is 93.4 Å². The van der Waals surface area contributed by atoms with Crippen LogP contribution in [0.3, 0.4) is 0 Å². The zero-order valence-electron chi connectivity index (χ0n) is 10.5. The highest BCUT2D eigenvalue weighted by Gasteiger charge is 2.25. The summed E-state index contributed by atoms with van der Waals surface area (Å²) >= 11 is 5.68. The highest BCUT2D eigenvalue weighted by molar-refractivity contribution is 7.89. The molecule has 0 saturated heterocycles. The van der Waals surface area contributed by atoms with Gasteiger partial charge in [0.15, 0.2) is 0 Å². The van der Waals surface area contributed by atoms with Crippen LogP contribution in [0.1, 0.15) is 19.8 Å². The first-order valence-corrected chi connectivity index (χ1v) is 7.59. The van der Waals surface area contributed by atoms with Gasteiger partial charge in [-0.15, -0.1) is 0 Å². The van der Waals surface area contributed by atoms with Crippen LogP contribution >= 0.6 is 11.6 Å². The van der Waals surface area contributed by atoms with E-state index in [-0.39, 0.29) is 23.1 Å². The Bertz CT molecular complexity index is 548. The average Bonchev–Trinajstić information content (AvgIpc) is 2.34. The minimum Gasteiger partial charge on any atom is -0.369 e. The summed E-state index contributed by atoms with van der Waals surface area (Å²) in [6.07, 6.45) is 2.75. The molecule has 1 amide bonds. The zero-order chi connectivity index (χ0) is 14.5. The molecule has 0 saturated carbocycles. The third-order valence-corrected chi connectivity index (χ3v) is 4.48. The summed E-state index contributed by atoms with van der Waals surface area (Å²) < 4.78 is 25.8. The highest BCUT2D eigenvalue weighted by Crippen LogP contribution is 2.18. The van der Waals surface area contributed by atoms with E-state index in [1.54, 1.807) is 0 Å². The minimum absolute atomic E-state index is 0.00449. The largest absolute Gasteiger partial charge is 0.369 e. The van der Waals surface area contributed by atoms with Crippen LogP contribution < -0.4 is 5.73 Å². The summed E-state index contributed by atoms with van der Waals surface area (Å²) in [7, 11) is -3.78. The Kier molecular flexibility index (Phi) is 5.71. The fraction of sp³-hybridized carbons (Fsp3) is 0.455. The van der Waals surface area contributed by atoms with E-state index in [9.17, 15) is 13.2 Å². The molecule has 0 unspecified atom stereocenters. The van der Waals surface area contributed by atoms with Crippen molar-refractivity contribution in [1.82, 2.24) is 9.29 Å². The SMILES string of the molecule is CCCCN(CC(N)=O)S(=O)(=O)c1ccnc(Cl)c1. The maximum Gasteiger partial charge on any atom is 0.243 e. The fourth-order valence-electron chi connectivity index (χ4n) is 1.49. The first-order valence-electron chi connectivity index (χ1n) is 5.78. The lowest BCUT2D eigenvalue weighted by Crippen LogP contribution is -2.39. The van der Waals surface area contributed by atoms with Crippen molar-refractivity contribution in [2.24, 2.45) is 5.73 Å². The molecule has 0 aromatic carbocycles.